The summed E-state index contributed by atoms with van der Waals surface area (Å²) in [5.74, 6) is 0.320. The lowest BCUT2D eigenvalue weighted by Crippen LogP contribution is -2.37. The number of nitrogens with zero attached hydrogens (tertiary/aromatic N) is 2. The summed E-state index contributed by atoms with van der Waals surface area (Å²) in [4.78, 5) is 24.2. The number of anilines is 1. The molecule has 126 valence electrons. The summed E-state index contributed by atoms with van der Waals surface area (Å²) in [5.41, 5.74) is 0.831. The van der Waals surface area contributed by atoms with Gasteiger partial charge in [0.05, 0.1) is 17.2 Å². The normalized spacial score (nSPS) is 17.6. The second kappa shape index (κ2) is 7.61. The van der Waals surface area contributed by atoms with Crippen LogP contribution in [-0.4, -0.2) is 42.7 Å². The van der Waals surface area contributed by atoms with Crippen LogP contribution in [0.15, 0.2) is 12.1 Å². The van der Waals surface area contributed by atoms with E-state index < -0.39 is 4.92 Å². The highest BCUT2D eigenvalue weighted by Crippen LogP contribution is 2.30. The number of nitro groups is 1. The molecule has 0 aromatic heterocycles. The third-order valence-electron chi connectivity index (χ3n) is 3.87. The molecule has 1 N–H and O–H groups in total. The number of aryl methyl sites for hydroxylation is 1. The molecule has 0 aliphatic carbocycles. The summed E-state index contributed by atoms with van der Waals surface area (Å²) in [6.45, 7) is 3.75. The maximum atomic E-state index is 12.3. The van der Waals surface area contributed by atoms with E-state index in [-0.39, 0.29) is 16.7 Å². The van der Waals surface area contributed by atoms with Crippen molar-refractivity contribution in [2.45, 2.75) is 19.8 Å². The molecule has 0 radical (unpaired) electrons. The van der Waals surface area contributed by atoms with Gasteiger partial charge in [-0.15, -0.1) is 0 Å². The fraction of sp³-hybridized carbons (Fsp3) is 0.533. The lowest BCUT2D eigenvalue weighted by atomic mass is 10.0. The van der Waals surface area contributed by atoms with Crippen LogP contribution in [0.5, 0.6) is 0 Å². The van der Waals surface area contributed by atoms with Gasteiger partial charge in [0, 0.05) is 32.2 Å². The Morgan fingerprint density at radius 2 is 2.30 bits per heavy atom. The molecule has 1 fully saturated rings. The topological polar surface area (TPSA) is 84.7 Å². The van der Waals surface area contributed by atoms with Crippen molar-refractivity contribution in [3.63, 3.8) is 0 Å². The molecule has 0 bridgehead atoms. The Morgan fingerprint density at radius 3 is 2.91 bits per heavy atom. The fourth-order valence-corrected chi connectivity index (χ4v) is 2.86. The lowest BCUT2D eigenvalue weighted by molar-refractivity contribution is -0.384. The average molecular weight is 342 g/mol. The van der Waals surface area contributed by atoms with Crippen LogP contribution in [0.25, 0.3) is 0 Å². The molecule has 2 amide bonds. The Labute approximate surface area is 139 Å². The maximum absolute atomic E-state index is 12.3. The van der Waals surface area contributed by atoms with Crippen molar-refractivity contribution in [1.29, 1.82) is 0 Å². The Kier molecular flexibility index (Phi) is 5.79. The number of carbonyl (C=O) groups is 1. The highest BCUT2D eigenvalue weighted by Gasteiger charge is 2.21. The first-order valence-corrected chi connectivity index (χ1v) is 7.80. The first kappa shape index (κ1) is 17.5. The molecular formula is C15H20ClN3O4. The van der Waals surface area contributed by atoms with Crippen LogP contribution in [0, 0.1) is 23.0 Å². The summed E-state index contributed by atoms with van der Waals surface area (Å²) >= 11 is 5.85. The van der Waals surface area contributed by atoms with Gasteiger partial charge in [0.25, 0.3) is 5.69 Å². The van der Waals surface area contributed by atoms with Gasteiger partial charge >= 0.3 is 6.03 Å². The second-order valence-corrected chi connectivity index (χ2v) is 6.18. The van der Waals surface area contributed by atoms with Crippen molar-refractivity contribution < 1.29 is 14.5 Å². The third kappa shape index (κ3) is 4.56. The van der Waals surface area contributed by atoms with Gasteiger partial charge < -0.3 is 15.0 Å². The van der Waals surface area contributed by atoms with Crippen LogP contribution in [0.2, 0.25) is 5.02 Å². The zero-order valence-corrected chi connectivity index (χ0v) is 13.9. The zero-order valence-electron chi connectivity index (χ0n) is 13.2. The van der Waals surface area contributed by atoms with E-state index >= 15 is 0 Å². The van der Waals surface area contributed by atoms with Crippen LogP contribution in [0.3, 0.4) is 0 Å². The highest BCUT2D eigenvalue weighted by atomic mass is 35.5. The van der Waals surface area contributed by atoms with Gasteiger partial charge in [-0.2, -0.15) is 0 Å². The van der Waals surface area contributed by atoms with E-state index in [2.05, 4.69) is 5.32 Å². The quantitative estimate of drug-likeness (QED) is 0.671. The molecule has 0 spiro atoms. The molecule has 23 heavy (non-hydrogen) atoms. The molecular weight excluding hydrogens is 322 g/mol. The standard InChI is InChI=1S/C15H20ClN3O4/c1-10-6-12(16)14(19(21)22)7-13(10)17-15(20)18(2)8-11-4-3-5-23-9-11/h6-7,11H,3-5,8-9H2,1-2H3,(H,17,20). The molecule has 1 saturated heterocycles. The van der Waals surface area contributed by atoms with Crippen molar-refractivity contribution in [3.05, 3.63) is 32.8 Å². The zero-order chi connectivity index (χ0) is 17.0. The van der Waals surface area contributed by atoms with Crippen molar-refractivity contribution in [1.82, 2.24) is 4.90 Å². The molecule has 1 unspecified atom stereocenters. The Bertz CT molecular complexity index is 603. The monoisotopic (exact) mass is 341 g/mol. The number of benzene rings is 1. The molecule has 1 heterocycles. The summed E-state index contributed by atoms with van der Waals surface area (Å²) in [6, 6.07) is 2.45. The molecule has 1 atom stereocenters. The Morgan fingerprint density at radius 1 is 1.57 bits per heavy atom. The SMILES string of the molecule is Cc1cc(Cl)c([N+](=O)[O-])cc1NC(=O)N(C)CC1CCCOC1. The summed E-state index contributed by atoms with van der Waals surface area (Å²) in [6.07, 6.45) is 2.03. The van der Waals surface area contributed by atoms with E-state index in [1.54, 1.807) is 18.9 Å². The van der Waals surface area contributed by atoms with E-state index in [0.29, 0.717) is 30.3 Å². The van der Waals surface area contributed by atoms with Crippen molar-refractivity contribution in [2.75, 3.05) is 32.1 Å². The van der Waals surface area contributed by atoms with Gasteiger partial charge in [0.1, 0.15) is 5.02 Å². The molecule has 8 heteroatoms. The number of urea groups is 1. The van der Waals surface area contributed by atoms with Crippen LogP contribution < -0.4 is 5.32 Å². The average Bonchev–Trinajstić information content (AvgIpc) is 2.50. The summed E-state index contributed by atoms with van der Waals surface area (Å²) in [7, 11) is 1.70. The molecule has 1 aliphatic heterocycles. The number of amides is 2. The number of ether oxygens (including phenoxy) is 1. The molecule has 1 aliphatic rings. The molecule has 7 nitrogen and oxygen atoms in total. The number of nitro benzene ring substituents is 1. The van der Waals surface area contributed by atoms with Crippen molar-refractivity contribution in [2.24, 2.45) is 5.92 Å². The molecule has 2 rings (SSSR count). The maximum Gasteiger partial charge on any atom is 0.321 e. The number of rotatable bonds is 4. The Hall–Kier alpha value is -1.86. The van der Waals surface area contributed by atoms with Gasteiger partial charge in [-0.1, -0.05) is 11.6 Å². The van der Waals surface area contributed by atoms with Crippen LogP contribution in [0.4, 0.5) is 16.2 Å². The highest BCUT2D eigenvalue weighted by molar-refractivity contribution is 6.32. The van der Waals surface area contributed by atoms with E-state index in [9.17, 15) is 14.9 Å². The van der Waals surface area contributed by atoms with E-state index in [1.165, 1.54) is 12.1 Å². The first-order valence-electron chi connectivity index (χ1n) is 7.43. The minimum absolute atomic E-state index is 0.0539. The lowest BCUT2D eigenvalue weighted by Gasteiger charge is -2.27. The van der Waals surface area contributed by atoms with Gasteiger partial charge in [-0.3, -0.25) is 10.1 Å². The Balaban J connectivity index is 2.04. The smallest absolute Gasteiger partial charge is 0.321 e. The van der Waals surface area contributed by atoms with Gasteiger partial charge in [0.15, 0.2) is 0 Å². The minimum atomic E-state index is -0.569. The molecule has 1 aromatic carbocycles. The number of halogens is 1. The summed E-state index contributed by atoms with van der Waals surface area (Å²) < 4.78 is 5.41. The number of hydrogen-bond donors (Lipinski definition) is 1. The fourth-order valence-electron chi connectivity index (χ4n) is 2.57. The second-order valence-electron chi connectivity index (χ2n) is 5.77. The van der Waals surface area contributed by atoms with Crippen LogP contribution in [-0.2, 0) is 4.74 Å². The van der Waals surface area contributed by atoms with Crippen LogP contribution >= 0.6 is 11.6 Å². The number of carbonyl (C=O) groups excluding carboxylic acids is 1. The predicted octanol–water partition coefficient (Wildman–Crippen LogP) is 3.45. The molecule has 1 aromatic rings. The number of hydrogen-bond acceptors (Lipinski definition) is 4. The van der Waals surface area contributed by atoms with E-state index in [0.717, 1.165) is 19.4 Å². The number of nitrogens with one attached hydrogen (secondary N) is 1. The minimum Gasteiger partial charge on any atom is -0.381 e. The van der Waals surface area contributed by atoms with Gasteiger partial charge in [-0.05, 0) is 31.4 Å². The van der Waals surface area contributed by atoms with E-state index in [1.807, 2.05) is 0 Å². The largest absolute Gasteiger partial charge is 0.381 e. The van der Waals surface area contributed by atoms with Crippen LogP contribution in [0.1, 0.15) is 18.4 Å². The predicted molar refractivity (Wildman–Crippen MR) is 88.0 cm³/mol. The van der Waals surface area contributed by atoms with E-state index in [4.69, 9.17) is 16.3 Å². The van der Waals surface area contributed by atoms with Crippen molar-refractivity contribution >= 4 is 29.0 Å². The third-order valence-corrected chi connectivity index (χ3v) is 4.17. The van der Waals surface area contributed by atoms with Gasteiger partial charge in [0.2, 0.25) is 0 Å². The van der Waals surface area contributed by atoms with Crippen molar-refractivity contribution in [3.8, 4) is 0 Å². The first-order chi connectivity index (χ1) is 10.9. The molecule has 0 saturated carbocycles. The van der Waals surface area contributed by atoms with Gasteiger partial charge in [-0.25, -0.2) is 4.79 Å². The summed E-state index contributed by atoms with van der Waals surface area (Å²) in [5, 5.41) is 13.7.